The number of hydrogen-bond acceptors (Lipinski definition) is 6. The summed E-state index contributed by atoms with van der Waals surface area (Å²) in [4.78, 5) is 45.1. The molecular formula is C22H29N3O6. The average Bonchev–Trinajstić information content (AvgIpc) is 3.11. The Morgan fingerprint density at radius 3 is 2.55 bits per heavy atom. The molecule has 9 nitrogen and oxygen atoms in total. The maximum absolute atomic E-state index is 13.2. The van der Waals surface area contributed by atoms with Crippen LogP contribution in [0.15, 0.2) is 42.6 Å². The maximum atomic E-state index is 13.2. The molecule has 0 fully saturated rings. The topological polar surface area (TPSA) is 110 Å². The SMILES string of the molecule is COC(=O)/C=C/CN(OC)C(=O)[C@H](Cc1c[nH]c2ccccc12)NC(=O)OC(C)(C)C. The number of para-hydroxylation sites is 1. The molecule has 0 saturated heterocycles. The van der Waals surface area contributed by atoms with Gasteiger partial charge >= 0.3 is 12.1 Å². The predicted molar refractivity (Wildman–Crippen MR) is 115 cm³/mol. The van der Waals surface area contributed by atoms with Gasteiger partial charge in [-0.3, -0.25) is 9.63 Å². The minimum atomic E-state index is -0.958. The summed E-state index contributed by atoms with van der Waals surface area (Å²) in [6, 6.07) is 6.71. The van der Waals surface area contributed by atoms with Gasteiger partial charge < -0.3 is 19.8 Å². The van der Waals surface area contributed by atoms with Crippen LogP contribution in [0.2, 0.25) is 0 Å². The van der Waals surface area contributed by atoms with E-state index in [9.17, 15) is 14.4 Å². The Balaban J connectivity index is 2.24. The number of fused-ring (bicyclic) bond motifs is 1. The molecule has 0 aliphatic rings. The number of rotatable bonds is 8. The van der Waals surface area contributed by atoms with E-state index < -0.39 is 29.6 Å². The first-order chi connectivity index (χ1) is 14.6. The highest BCUT2D eigenvalue weighted by molar-refractivity contribution is 5.88. The van der Waals surface area contributed by atoms with Crippen molar-refractivity contribution in [2.24, 2.45) is 0 Å². The van der Waals surface area contributed by atoms with Crippen LogP contribution in [0.3, 0.4) is 0 Å². The summed E-state index contributed by atoms with van der Waals surface area (Å²) in [7, 11) is 2.59. The molecule has 0 aliphatic heterocycles. The van der Waals surface area contributed by atoms with Crippen molar-refractivity contribution in [3.8, 4) is 0 Å². The molecule has 31 heavy (non-hydrogen) atoms. The van der Waals surface area contributed by atoms with Crippen molar-refractivity contribution >= 4 is 28.9 Å². The molecule has 2 aromatic rings. The molecule has 0 spiro atoms. The van der Waals surface area contributed by atoms with Gasteiger partial charge in [0.05, 0.1) is 20.8 Å². The van der Waals surface area contributed by atoms with Crippen LogP contribution < -0.4 is 5.32 Å². The first-order valence-corrected chi connectivity index (χ1v) is 9.79. The summed E-state index contributed by atoms with van der Waals surface area (Å²) in [6.45, 7) is 5.21. The van der Waals surface area contributed by atoms with Gasteiger partial charge in [0.25, 0.3) is 5.91 Å². The van der Waals surface area contributed by atoms with Gasteiger partial charge in [-0.05, 0) is 32.4 Å². The lowest BCUT2D eigenvalue weighted by Crippen LogP contribution is -2.50. The number of aromatic nitrogens is 1. The van der Waals surface area contributed by atoms with Crippen LogP contribution in [0.5, 0.6) is 0 Å². The van der Waals surface area contributed by atoms with Crippen molar-refractivity contribution in [1.82, 2.24) is 15.4 Å². The van der Waals surface area contributed by atoms with E-state index in [-0.39, 0.29) is 13.0 Å². The van der Waals surface area contributed by atoms with Crippen molar-refractivity contribution in [1.29, 1.82) is 0 Å². The number of nitrogens with one attached hydrogen (secondary N) is 2. The lowest BCUT2D eigenvalue weighted by molar-refractivity contribution is -0.175. The third-order valence-corrected chi connectivity index (χ3v) is 4.28. The third-order valence-electron chi connectivity index (χ3n) is 4.28. The summed E-state index contributed by atoms with van der Waals surface area (Å²) in [5.41, 5.74) is 1.06. The first kappa shape index (κ1) is 23.9. The number of carbonyl (C=O) groups excluding carboxylic acids is 3. The molecule has 9 heteroatoms. The van der Waals surface area contributed by atoms with Gasteiger partial charge in [0.2, 0.25) is 0 Å². The number of H-pyrrole nitrogens is 1. The Kier molecular flexibility index (Phi) is 8.21. The summed E-state index contributed by atoms with van der Waals surface area (Å²) in [6.07, 6.45) is 3.92. The van der Waals surface area contributed by atoms with E-state index in [2.05, 4.69) is 15.0 Å². The van der Waals surface area contributed by atoms with E-state index in [0.29, 0.717) is 0 Å². The van der Waals surface area contributed by atoms with Gasteiger partial charge in [-0.15, -0.1) is 0 Å². The maximum Gasteiger partial charge on any atom is 0.408 e. The van der Waals surface area contributed by atoms with Crippen LogP contribution in [0.1, 0.15) is 26.3 Å². The molecule has 2 amide bonds. The van der Waals surface area contributed by atoms with Crippen molar-refractivity contribution in [2.75, 3.05) is 20.8 Å². The van der Waals surface area contributed by atoms with E-state index in [1.165, 1.54) is 26.4 Å². The summed E-state index contributed by atoms with van der Waals surface area (Å²) in [5.74, 6) is -1.04. The average molecular weight is 431 g/mol. The van der Waals surface area contributed by atoms with Crippen LogP contribution in [0, 0.1) is 0 Å². The number of hydroxylamine groups is 2. The van der Waals surface area contributed by atoms with E-state index >= 15 is 0 Å². The van der Waals surface area contributed by atoms with Gasteiger partial charge in [-0.1, -0.05) is 24.3 Å². The van der Waals surface area contributed by atoms with Crippen molar-refractivity contribution in [2.45, 2.75) is 38.8 Å². The van der Waals surface area contributed by atoms with Crippen LogP contribution in [-0.4, -0.2) is 60.4 Å². The minimum absolute atomic E-state index is 0.00911. The number of esters is 1. The van der Waals surface area contributed by atoms with Crippen LogP contribution >= 0.6 is 0 Å². The molecule has 1 aromatic carbocycles. The second kappa shape index (κ2) is 10.6. The fourth-order valence-corrected chi connectivity index (χ4v) is 2.91. The minimum Gasteiger partial charge on any atom is -0.466 e. The highest BCUT2D eigenvalue weighted by atomic mass is 16.7. The van der Waals surface area contributed by atoms with Crippen molar-refractivity contribution < 1.29 is 28.7 Å². The zero-order valence-electron chi connectivity index (χ0n) is 18.4. The van der Waals surface area contributed by atoms with E-state index in [4.69, 9.17) is 9.57 Å². The van der Waals surface area contributed by atoms with Gasteiger partial charge in [0, 0.05) is 29.6 Å². The highest BCUT2D eigenvalue weighted by Crippen LogP contribution is 2.20. The molecule has 1 heterocycles. The highest BCUT2D eigenvalue weighted by Gasteiger charge is 2.29. The molecule has 0 radical (unpaired) electrons. The van der Waals surface area contributed by atoms with E-state index in [1.54, 1.807) is 27.0 Å². The van der Waals surface area contributed by atoms with Crippen molar-refractivity contribution in [3.63, 3.8) is 0 Å². The predicted octanol–water partition coefficient (Wildman–Crippen LogP) is 2.72. The zero-order chi connectivity index (χ0) is 23.0. The molecule has 2 N–H and O–H groups in total. The molecule has 2 rings (SSSR count). The van der Waals surface area contributed by atoms with Crippen molar-refractivity contribution in [3.05, 3.63) is 48.2 Å². The van der Waals surface area contributed by atoms with Crippen LogP contribution in [0.4, 0.5) is 4.79 Å². The Bertz CT molecular complexity index is 944. The number of carbonyl (C=O) groups is 3. The van der Waals surface area contributed by atoms with Gasteiger partial charge in [0.1, 0.15) is 11.6 Å². The standard InChI is InChI=1S/C22H29N3O6/c1-22(2,3)31-21(28)24-18(13-15-14-23-17-10-7-6-9-16(15)17)20(27)25(30-5)12-8-11-19(26)29-4/h6-11,14,18,23H,12-13H2,1-5H3,(H,24,28)/b11-8+/t18-/m0/s1. The Labute approximate surface area is 181 Å². The van der Waals surface area contributed by atoms with Gasteiger partial charge in [0.15, 0.2) is 0 Å². The number of aromatic amines is 1. The Morgan fingerprint density at radius 2 is 1.90 bits per heavy atom. The second-order valence-electron chi connectivity index (χ2n) is 7.77. The molecule has 0 saturated carbocycles. The second-order valence-corrected chi connectivity index (χ2v) is 7.77. The normalized spacial score (nSPS) is 12.5. The van der Waals surface area contributed by atoms with E-state index in [1.807, 2.05) is 24.3 Å². The van der Waals surface area contributed by atoms with Gasteiger partial charge in [-0.25, -0.2) is 14.7 Å². The van der Waals surface area contributed by atoms with Crippen LogP contribution in [0.25, 0.3) is 10.9 Å². The number of alkyl carbamates (subject to hydrolysis) is 1. The number of amides is 2. The zero-order valence-corrected chi connectivity index (χ0v) is 18.4. The fraction of sp³-hybridized carbons (Fsp3) is 0.409. The fourth-order valence-electron chi connectivity index (χ4n) is 2.91. The molecular weight excluding hydrogens is 402 g/mol. The quantitative estimate of drug-likeness (QED) is 0.378. The van der Waals surface area contributed by atoms with Gasteiger partial charge in [-0.2, -0.15) is 0 Å². The molecule has 1 aromatic heterocycles. The van der Waals surface area contributed by atoms with Crippen LogP contribution in [-0.2, 0) is 30.3 Å². The number of hydrogen-bond donors (Lipinski definition) is 2. The Hall–Kier alpha value is -3.33. The van der Waals surface area contributed by atoms with E-state index in [0.717, 1.165) is 21.5 Å². The largest absolute Gasteiger partial charge is 0.466 e. The molecule has 0 aliphatic carbocycles. The number of ether oxygens (including phenoxy) is 2. The lowest BCUT2D eigenvalue weighted by atomic mass is 10.0. The summed E-state index contributed by atoms with van der Waals surface area (Å²) >= 11 is 0. The number of nitrogens with zero attached hydrogens (tertiary/aromatic N) is 1. The molecule has 168 valence electrons. The summed E-state index contributed by atoms with van der Waals surface area (Å²) < 4.78 is 9.86. The number of methoxy groups -OCH3 is 1. The molecule has 0 unspecified atom stereocenters. The molecule has 0 bridgehead atoms. The monoisotopic (exact) mass is 431 g/mol. The lowest BCUT2D eigenvalue weighted by Gasteiger charge is -2.26. The smallest absolute Gasteiger partial charge is 0.408 e. The molecule has 1 atom stereocenters. The Morgan fingerprint density at radius 1 is 1.19 bits per heavy atom. The first-order valence-electron chi connectivity index (χ1n) is 9.79. The third kappa shape index (κ3) is 7.14. The summed E-state index contributed by atoms with van der Waals surface area (Å²) in [5, 5.41) is 4.64. The number of benzene rings is 1.